The Kier molecular flexibility index (Phi) is 3.67. The molecule has 17 heavy (non-hydrogen) atoms. The lowest BCUT2D eigenvalue weighted by molar-refractivity contribution is 0.628. The second-order valence-corrected chi connectivity index (χ2v) is 3.72. The van der Waals surface area contributed by atoms with E-state index < -0.39 is 0 Å². The van der Waals surface area contributed by atoms with Crippen LogP contribution in [0.1, 0.15) is 11.3 Å². The van der Waals surface area contributed by atoms with Crippen molar-refractivity contribution in [1.82, 2.24) is 4.98 Å². The molecule has 1 aromatic carbocycles. The van der Waals surface area contributed by atoms with E-state index in [1.807, 2.05) is 12.1 Å². The molecule has 0 fully saturated rings. The molecule has 4 heteroatoms. The molecular formula is C13H14FN3. The van der Waals surface area contributed by atoms with Crippen LogP contribution in [-0.2, 0) is 13.1 Å². The van der Waals surface area contributed by atoms with Crippen LogP contribution in [0.15, 0.2) is 42.6 Å². The van der Waals surface area contributed by atoms with Gasteiger partial charge < -0.3 is 11.1 Å². The topological polar surface area (TPSA) is 50.9 Å². The Morgan fingerprint density at radius 3 is 2.65 bits per heavy atom. The van der Waals surface area contributed by atoms with E-state index in [4.69, 9.17) is 5.73 Å². The number of halogens is 1. The van der Waals surface area contributed by atoms with Crippen molar-refractivity contribution < 1.29 is 4.39 Å². The van der Waals surface area contributed by atoms with Gasteiger partial charge in [0, 0.05) is 18.4 Å². The predicted molar refractivity (Wildman–Crippen MR) is 65.9 cm³/mol. The zero-order valence-electron chi connectivity index (χ0n) is 9.36. The highest BCUT2D eigenvalue weighted by molar-refractivity contribution is 5.43. The SMILES string of the molecule is NCc1ccnc(CNc2ccc(F)cc2)c1. The number of hydrogen-bond donors (Lipinski definition) is 2. The molecule has 0 atom stereocenters. The lowest BCUT2D eigenvalue weighted by Gasteiger charge is -2.06. The zero-order valence-corrected chi connectivity index (χ0v) is 9.36. The smallest absolute Gasteiger partial charge is 0.123 e. The third kappa shape index (κ3) is 3.26. The minimum atomic E-state index is -0.237. The van der Waals surface area contributed by atoms with Gasteiger partial charge >= 0.3 is 0 Å². The van der Waals surface area contributed by atoms with Gasteiger partial charge in [-0.1, -0.05) is 0 Å². The number of benzene rings is 1. The molecule has 0 bridgehead atoms. The summed E-state index contributed by atoms with van der Waals surface area (Å²) in [7, 11) is 0. The molecule has 1 aromatic heterocycles. The van der Waals surface area contributed by atoms with E-state index >= 15 is 0 Å². The number of hydrogen-bond acceptors (Lipinski definition) is 3. The monoisotopic (exact) mass is 231 g/mol. The van der Waals surface area contributed by atoms with Crippen molar-refractivity contribution in [3.63, 3.8) is 0 Å². The van der Waals surface area contributed by atoms with Gasteiger partial charge in [-0.3, -0.25) is 4.98 Å². The van der Waals surface area contributed by atoms with Crippen molar-refractivity contribution in [3.8, 4) is 0 Å². The molecular weight excluding hydrogens is 217 g/mol. The van der Waals surface area contributed by atoms with Gasteiger partial charge in [0.25, 0.3) is 0 Å². The van der Waals surface area contributed by atoms with Crippen LogP contribution in [0, 0.1) is 5.82 Å². The Morgan fingerprint density at radius 1 is 1.18 bits per heavy atom. The van der Waals surface area contributed by atoms with Crippen LogP contribution < -0.4 is 11.1 Å². The largest absolute Gasteiger partial charge is 0.379 e. The molecule has 0 spiro atoms. The second kappa shape index (κ2) is 5.41. The fraction of sp³-hybridized carbons (Fsp3) is 0.154. The van der Waals surface area contributed by atoms with Crippen molar-refractivity contribution in [3.05, 3.63) is 59.7 Å². The number of nitrogens with two attached hydrogens (primary N) is 1. The van der Waals surface area contributed by atoms with Gasteiger partial charge in [-0.15, -0.1) is 0 Å². The number of rotatable bonds is 4. The first kappa shape index (κ1) is 11.5. The third-order valence-electron chi connectivity index (χ3n) is 2.43. The number of aromatic nitrogens is 1. The lowest BCUT2D eigenvalue weighted by atomic mass is 10.2. The minimum absolute atomic E-state index is 0.237. The number of nitrogens with one attached hydrogen (secondary N) is 1. The average Bonchev–Trinajstić information content (AvgIpc) is 2.38. The van der Waals surface area contributed by atoms with E-state index in [1.165, 1.54) is 12.1 Å². The maximum absolute atomic E-state index is 12.7. The Bertz CT molecular complexity index is 482. The summed E-state index contributed by atoms with van der Waals surface area (Å²) >= 11 is 0. The van der Waals surface area contributed by atoms with Crippen LogP contribution in [0.4, 0.5) is 10.1 Å². The van der Waals surface area contributed by atoms with Gasteiger partial charge in [-0.2, -0.15) is 0 Å². The van der Waals surface area contributed by atoms with Gasteiger partial charge in [0.1, 0.15) is 5.82 Å². The zero-order chi connectivity index (χ0) is 12.1. The van der Waals surface area contributed by atoms with E-state index in [0.29, 0.717) is 13.1 Å². The van der Waals surface area contributed by atoms with Gasteiger partial charge in [0.05, 0.1) is 12.2 Å². The van der Waals surface area contributed by atoms with Gasteiger partial charge in [0.15, 0.2) is 0 Å². The predicted octanol–water partition coefficient (Wildman–Crippen LogP) is 2.29. The summed E-state index contributed by atoms with van der Waals surface area (Å²) in [6.07, 6.45) is 1.74. The van der Waals surface area contributed by atoms with Crippen LogP contribution in [0.3, 0.4) is 0 Å². The Morgan fingerprint density at radius 2 is 1.94 bits per heavy atom. The highest BCUT2D eigenvalue weighted by atomic mass is 19.1. The fourth-order valence-corrected chi connectivity index (χ4v) is 1.51. The van der Waals surface area contributed by atoms with Gasteiger partial charge in [-0.25, -0.2) is 4.39 Å². The first-order chi connectivity index (χ1) is 8.28. The highest BCUT2D eigenvalue weighted by Crippen LogP contribution is 2.10. The standard InChI is InChI=1S/C13H14FN3/c14-11-1-3-12(4-2-11)17-9-13-7-10(8-15)5-6-16-13/h1-7,17H,8-9,15H2. The molecule has 0 amide bonds. The average molecular weight is 231 g/mol. The Labute approximate surface area is 99.5 Å². The Hall–Kier alpha value is -1.94. The molecule has 0 aliphatic rings. The summed E-state index contributed by atoms with van der Waals surface area (Å²) in [5.74, 6) is -0.237. The number of pyridine rings is 1. The maximum atomic E-state index is 12.7. The van der Waals surface area contributed by atoms with Crippen molar-refractivity contribution in [2.75, 3.05) is 5.32 Å². The van der Waals surface area contributed by atoms with E-state index in [2.05, 4.69) is 10.3 Å². The summed E-state index contributed by atoms with van der Waals surface area (Å²) in [5, 5.41) is 3.17. The molecule has 0 saturated carbocycles. The van der Waals surface area contributed by atoms with Crippen molar-refractivity contribution in [1.29, 1.82) is 0 Å². The van der Waals surface area contributed by atoms with Crippen LogP contribution in [0.2, 0.25) is 0 Å². The van der Waals surface area contributed by atoms with Crippen LogP contribution in [-0.4, -0.2) is 4.98 Å². The summed E-state index contributed by atoms with van der Waals surface area (Å²) in [4.78, 5) is 4.23. The molecule has 2 aromatic rings. The molecule has 0 unspecified atom stereocenters. The second-order valence-electron chi connectivity index (χ2n) is 3.72. The molecule has 88 valence electrons. The lowest BCUT2D eigenvalue weighted by Crippen LogP contribution is -2.04. The molecule has 3 N–H and O–H groups in total. The minimum Gasteiger partial charge on any atom is -0.379 e. The van der Waals surface area contributed by atoms with Crippen molar-refractivity contribution in [2.24, 2.45) is 5.73 Å². The van der Waals surface area contributed by atoms with Gasteiger partial charge in [0.2, 0.25) is 0 Å². The van der Waals surface area contributed by atoms with E-state index in [0.717, 1.165) is 16.9 Å². The molecule has 2 rings (SSSR count). The first-order valence-corrected chi connectivity index (χ1v) is 5.41. The summed E-state index contributed by atoms with van der Waals surface area (Å²) in [5.41, 5.74) is 8.39. The molecule has 0 saturated heterocycles. The summed E-state index contributed by atoms with van der Waals surface area (Å²) in [6.45, 7) is 1.10. The van der Waals surface area contributed by atoms with E-state index in [9.17, 15) is 4.39 Å². The number of nitrogens with zero attached hydrogens (tertiary/aromatic N) is 1. The van der Waals surface area contributed by atoms with Crippen LogP contribution >= 0.6 is 0 Å². The molecule has 0 radical (unpaired) electrons. The van der Waals surface area contributed by atoms with Crippen LogP contribution in [0.25, 0.3) is 0 Å². The maximum Gasteiger partial charge on any atom is 0.123 e. The summed E-state index contributed by atoms with van der Waals surface area (Å²) < 4.78 is 12.7. The Balaban J connectivity index is 1.99. The highest BCUT2D eigenvalue weighted by Gasteiger charge is 1.97. The number of anilines is 1. The third-order valence-corrected chi connectivity index (χ3v) is 2.43. The van der Waals surface area contributed by atoms with Gasteiger partial charge in [-0.05, 0) is 42.0 Å². The fourth-order valence-electron chi connectivity index (χ4n) is 1.51. The first-order valence-electron chi connectivity index (χ1n) is 5.41. The molecule has 0 aliphatic carbocycles. The van der Waals surface area contributed by atoms with E-state index in [1.54, 1.807) is 18.3 Å². The normalized spacial score (nSPS) is 10.2. The van der Waals surface area contributed by atoms with E-state index in [-0.39, 0.29) is 5.82 Å². The van der Waals surface area contributed by atoms with Crippen molar-refractivity contribution >= 4 is 5.69 Å². The molecule has 1 heterocycles. The summed E-state index contributed by atoms with van der Waals surface area (Å²) in [6, 6.07) is 10.1. The van der Waals surface area contributed by atoms with Crippen molar-refractivity contribution in [2.45, 2.75) is 13.1 Å². The molecule has 0 aliphatic heterocycles. The quantitative estimate of drug-likeness (QED) is 0.848. The molecule has 3 nitrogen and oxygen atoms in total. The van der Waals surface area contributed by atoms with Crippen LogP contribution in [0.5, 0.6) is 0 Å².